The van der Waals surface area contributed by atoms with Gasteiger partial charge >= 0.3 is 6.09 Å². The van der Waals surface area contributed by atoms with Crippen LogP contribution in [0.5, 0.6) is 0 Å². The van der Waals surface area contributed by atoms with Crippen molar-refractivity contribution in [2.45, 2.75) is 45.8 Å². The molecule has 154 valence electrons. The van der Waals surface area contributed by atoms with Gasteiger partial charge in [-0.05, 0) is 57.4 Å². The first-order valence-electron chi connectivity index (χ1n) is 9.48. The van der Waals surface area contributed by atoms with Gasteiger partial charge in [-0.2, -0.15) is 0 Å². The first-order chi connectivity index (χ1) is 13.0. The van der Waals surface area contributed by atoms with Crippen LogP contribution in [0.4, 0.5) is 4.79 Å². The van der Waals surface area contributed by atoms with Crippen LogP contribution >= 0.6 is 27.5 Å². The summed E-state index contributed by atoms with van der Waals surface area (Å²) in [4.78, 5) is 16.5. The first-order valence-corrected chi connectivity index (χ1v) is 10.7. The second-order valence-electron chi connectivity index (χ2n) is 8.32. The van der Waals surface area contributed by atoms with Crippen LogP contribution in [0.1, 0.15) is 51.3 Å². The summed E-state index contributed by atoms with van der Waals surface area (Å²) in [6.45, 7) is 18.7. The van der Waals surface area contributed by atoms with Gasteiger partial charge in [0, 0.05) is 41.7 Å². The zero-order chi connectivity index (χ0) is 21.1. The molecule has 1 heterocycles. The van der Waals surface area contributed by atoms with E-state index in [1.54, 1.807) is 4.90 Å². The summed E-state index contributed by atoms with van der Waals surface area (Å²) in [5.74, 6) is 0. The molecule has 0 spiro atoms. The minimum absolute atomic E-state index is 0.153. The molecule has 0 radical (unpaired) electrons. The summed E-state index contributed by atoms with van der Waals surface area (Å²) in [5, 5.41) is 0.683. The third kappa shape index (κ3) is 6.36. The molecule has 1 atom stereocenters. The number of carbonyl (C=O) groups excluding carboxylic acids is 1. The van der Waals surface area contributed by atoms with E-state index >= 15 is 0 Å². The number of benzene rings is 1. The van der Waals surface area contributed by atoms with Crippen LogP contribution in [0.3, 0.4) is 0 Å². The molecule has 28 heavy (non-hydrogen) atoms. The molecule has 0 saturated carbocycles. The number of nitrogens with zero attached hydrogens (tertiary/aromatic N) is 2. The third-order valence-corrected chi connectivity index (χ3v) is 5.28. The van der Waals surface area contributed by atoms with Crippen molar-refractivity contribution in [1.29, 1.82) is 0 Å². The molecule has 0 aromatic heterocycles. The number of carbonyl (C=O) groups is 1. The summed E-state index contributed by atoms with van der Waals surface area (Å²) in [6, 6.07) is 6.08. The van der Waals surface area contributed by atoms with Crippen molar-refractivity contribution in [1.82, 2.24) is 9.80 Å². The highest BCUT2D eigenvalue weighted by atomic mass is 79.9. The van der Waals surface area contributed by atoms with Crippen LogP contribution in [0.2, 0.25) is 5.02 Å². The van der Waals surface area contributed by atoms with Crippen molar-refractivity contribution in [3.05, 3.63) is 53.1 Å². The zero-order valence-electron chi connectivity index (χ0n) is 17.2. The molecule has 1 saturated heterocycles. The van der Waals surface area contributed by atoms with Gasteiger partial charge in [0.25, 0.3) is 0 Å². The second-order valence-corrected chi connectivity index (χ2v) is 9.71. The molecule has 1 aromatic carbocycles. The highest BCUT2D eigenvalue weighted by molar-refractivity contribution is 9.15. The minimum atomic E-state index is -0.481. The van der Waals surface area contributed by atoms with Gasteiger partial charge in [-0.15, -0.1) is 6.58 Å². The lowest BCUT2D eigenvalue weighted by atomic mass is 9.93. The Balaban J connectivity index is 2.19. The van der Waals surface area contributed by atoms with Crippen LogP contribution in [0.25, 0.3) is 4.48 Å². The number of hydrogen-bond donors (Lipinski definition) is 0. The van der Waals surface area contributed by atoms with Crippen molar-refractivity contribution in [2.75, 3.05) is 26.2 Å². The average Bonchev–Trinajstić information content (AvgIpc) is 2.58. The van der Waals surface area contributed by atoms with Gasteiger partial charge < -0.3 is 9.64 Å². The topological polar surface area (TPSA) is 32.8 Å². The van der Waals surface area contributed by atoms with E-state index in [4.69, 9.17) is 16.3 Å². The maximum atomic E-state index is 12.4. The highest BCUT2D eigenvalue weighted by Gasteiger charge is 2.30. The number of halogens is 2. The predicted octanol–water partition coefficient (Wildman–Crippen LogP) is 6.27. The Bertz CT molecular complexity index is 749. The van der Waals surface area contributed by atoms with Crippen LogP contribution in [-0.4, -0.2) is 47.7 Å². The van der Waals surface area contributed by atoms with Gasteiger partial charge in [0.2, 0.25) is 0 Å². The molecule has 4 nitrogen and oxygen atoms in total. The number of rotatable bonds is 5. The smallest absolute Gasteiger partial charge is 0.410 e. The molecule has 1 aliphatic heterocycles. The summed E-state index contributed by atoms with van der Waals surface area (Å²) in [7, 11) is 0. The fraction of sp³-hybridized carbons (Fsp3) is 0.500. The lowest BCUT2D eigenvalue weighted by Crippen LogP contribution is -2.51. The van der Waals surface area contributed by atoms with Gasteiger partial charge in [0.1, 0.15) is 5.60 Å². The molecular weight excluding hydrogens is 440 g/mol. The normalized spacial score (nSPS) is 16.6. The van der Waals surface area contributed by atoms with Crippen LogP contribution in [0, 0.1) is 0 Å². The van der Waals surface area contributed by atoms with E-state index < -0.39 is 5.60 Å². The van der Waals surface area contributed by atoms with Crippen LogP contribution < -0.4 is 0 Å². The van der Waals surface area contributed by atoms with E-state index in [2.05, 4.69) is 40.1 Å². The minimum Gasteiger partial charge on any atom is -0.444 e. The molecule has 2 rings (SSSR count). The Morgan fingerprint density at radius 2 is 1.86 bits per heavy atom. The number of ether oxygens (including phenoxy) is 1. The van der Waals surface area contributed by atoms with Crippen LogP contribution in [0.15, 0.2) is 36.9 Å². The Hall–Kier alpha value is -1.30. The largest absolute Gasteiger partial charge is 0.444 e. The van der Waals surface area contributed by atoms with Crippen LogP contribution in [-0.2, 0) is 4.74 Å². The van der Waals surface area contributed by atoms with Gasteiger partial charge in [-0.3, -0.25) is 4.90 Å². The van der Waals surface area contributed by atoms with E-state index in [0.29, 0.717) is 18.1 Å². The first kappa shape index (κ1) is 23.0. The van der Waals surface area contributed by atoms with E-state index in [0.717, 1.165) is 35.1 Å². The second kappa shape index (κ2) is 9.47. The van der Waals surface area contributed by atoms with Gasteiger partial charge in [0.15, 0.2) is 0 Å². The molecule has 1 unspecified atom stereocenters. The van der Waals surface area contributed by atoms with Crippen molar-refractivity contribution < 1.29 is 9.53 Å². The predicted molar refractivity (Wildman–Crippen MR) is 121 cm³/mol. The summed E-state index contributed by atoms with van der Waals surface area (Å²) in [6.07, 6.45) is 0.589. The summed E-state index contributed by atoms with van der Waals surface area (Å²) >= 11 is 9.73. The van der Waals surface area contributed by atoms with Gasteiger partial charge in [-0.25, -0.2) is 4.79 Å². The monoisotopic (exact) mass is 468 g/mol. The van der Waals surface area contributed by atoms with E-state index in [9.17, 15) is 4.79 Å². The fourth-order valence-corrected chi connectivity index (χ4v) is 3.88. The quantitative estimate of drug-likeness (QED) is 0.477. The van der Waals surface area contributed by atoms with E-state index in [1.807, 2.05) is 39.8 Å². The van der Waals surface area contributed by atoms with Crippen molar-refractivity contribution in [2.24, 2.45) is 0 Å². The standard InChI is InChI=1S/C22H30BrClN2O2/c1-15(2)13-20(18-8-7-17(24)14-19(18)16(3)23)25-9-11-26(12-10-25)21(27)28-22(4,5)6/h7-8,14,20H,1,3,9-13H2,2,4-6H3. The molecule has 1 aromatic rings. The Morgan fingerprint density at radius 3 is 2.36 bits per heavy atom. The molecule has 1 fully saturated rings. The van der Waals surface area contributed by atoms with Gasteiger partial charge in [0.05, 0.1) is 0 Å². The fourth-order valence-electron chi connectivity index (χ4n) is 3.36. The third-order valence-electron chi connectivity index (χ3n) is 4.62. The van der Waals surface area contributed by atoms with Crippen molar-refractivity contribution >= 4 is 38.1 Å². The molecule has 0 aliphatic carbocycles. The van der Waals surface area contributed by atoms with E-state index in [-0.39, 0.29) is 12.1 Å². The molecule has 1 amide bonds. The van der Waals surface area contributed by atoms with E-state index in [1.165, 1.54) is 5.56 Å². The zero-order valence-corrected chi connectivity index (χ0v) is 19.6. The molecule has 1 aliphatic rings. The number of piperazine rings is 1. The average molecular weight is 470 g/mol. The number of hydrogen-bond acceptors (Lipinski definition) is 3. The maximum Gasteiger partial charge on any atom is 0.410 e. The summed E-state index contributed by atoms with van der Waals surface area (Å²) < 4.78 is 6.32. The Kier molecular flexibility index (Phi) is 7.77. The molecule has 0 bridgehead atoms. The Morgan fingerprint density at radius 1 is 1.25 bits per heavy atom. The molecule has 6 heteroatoms. The number of amides is 1. The SMILES string of the molecule is C=C(C)CC(c1ccc(Cl)cc1C(=C)Br)N1CCN(C(=O)OC(C)(C)C)CC1. The highest BCUT2D eigenvalue weighted by Crippen LogP contribution is 2.36. The molecule has 0 N–H and O–H groups in total. The van der Waals surface area contributed by atoms with Gasteiger partial charge in [-0.1, -0.05) is 45.7 Å². The summed E-state index contributed by atoms with van der Waals surface area (Å²) in [5.41, 5.74) is 2.81. The van der Waals surface area contributed by atoms with Crippen molar-refractivity contribution in [3.63, 3.8) is 0 Å². The molecular formula is C22H30BrClN2O2. The van der Waals surface area contributed by atoms with Crippen molar-refractivity contribution in [3.8, 4) is 0 Å². The lowest BCUT2D eigenvalue weighted by molar-refractivity contribution is 0.0102. The Labute approximate surface area is 182 Å². The maximum absolute atomic E-state index is 12.4. The lowest BCUT2D eigenvalue weighted by Gasteiger charge is -2.40.